The summed E-state index contributed by atoms with van der Waals surface area (Å²) in [7, 11) is 0. The maximum atomic E-state index is 13.3. The summed E-state index contributed by atoms with van der Waals surface area (Å²) >= 11 is 0. The van der Waals surface area contributed by atoms with Crippen molar-refractivity contribution in [1.82, 2.24) is 0 Å². The Bertz CT molecular complexity index is 745. The van der Waals surface area contributed by atoms with Crippen LogP contribution in [0.5, 0.6) is 5.75 Å². The minimum absolute atomic E-state index is 0.0156. The number of aliphatic hydroxyl groups is 1. The summed E-state index contributed by atoms with van der Waals surface area (Å²) in [4.78, 5) is 0. The molecule has 7 heteroatoms. The van der Waals surface area contributed by atoms with Crippen molar-refractivity contribution in [3.63, 3.8) is 0 Å². The highest BCUT2D eigenvalue weighted by Crippen LogP contribution is 2.47. The van der Waals surface area contributed by atoms with Gasteiger partial charge in [-0.15, -0.1) is 13.2 Å². The molecule has 154 valence electrons. The number of benzene rings is 2. The van der Waals surface area contributed by atoms with Crippen molar-refractivity contribution in [3.05, 3.63) is 59.4 Å². The topological polar surface area (TPSA) is 41.5 Å². The lowest BCUT2D eigenvalue weighted by atomic mass is 10.1. The number of ether oxygens (including phenoxy) is 1. The zero-order valence-corrected chi connectivity index (χ0v) is 15.9. The van der Waals surface area contributed by atoms with Crippen molar-refractivity contribution < 1.29 is 27.4 Å². The number of anilines is 1. The van der Waals surface area contributed by atoms with Crippen molar-refractivity contribution in [2.75, 3.05) is 18.5 Å². The van der Waals surface area contributed by atoms with E-state index >= 15 is 0 Å². The molecule has 28 heavy (non-hydrogen) atoms. The lowest BCUT2D eigenvalue weighted by molar-refractivity contribution is -0.274. The van der Waals surface area contributed by atoms with Crippen LogP contribution in [0.15, 0.2) is 42.5 Å². The van der Waals surface area contributed by atoms with Gasteiger partial charge in [-0.05, 0) is 49.3 Å². The van der Waals surface area contributed by atoms with E-state index in [0.29, 0.717) is 25.0 Å². The van der Waals surface area contributed by atoms with Gasteiger partial charge in [-0.2, -0.15) is 0 Å². The van der Waals surface area contributed by atoms with Gasteiger partial charge < -0.3 is 15.2 Å². The van der Waals surface area contributed by atoms with Crippen molar-refractivity contribution in [2.45, 2.75) is 39.0 Å². The highest BCUT2D eigenvalue weighted by Gasteiger charge is 2.38. The fourth-order valence-electron chi connectivity index (χ4n) is 2.79. The van der Waals surface area contributed by atoms with Gasteiger partial charge in [0.2, 0.25) is 0 Å². The molecule has 0 radical (unpaired) electrons. The molecule has 3 rings (SSSR count). The smallest absolute Gasteiger partial charge is 0.404 e. The van der Waals surface area contributed by atoms with Crippen LogP contribution in [-0.4, -0.2) is 24.6 Å². The van der Waals surface area contributed by atoms with Crippen LogP contribution >= 0.6 is 0 Å². The number of hydrogen-bond donors (Lipinski definition) is 2. The number of aryl methyl sites for hydroxylation is 1. The molecule has 2 aromatic carbocycles. The van der Waals surface area contributed by atoms with Crippen LogP contribution in [0, 0.1) is 18.7 Å². The van der Waals surface area contributed by atoms with Crippen molar-refractivity contribution in [2.24, 2.45) is 5.92 Å². The van der Waals surface area contributed by atoms with Crippen LogP contribution in [0.25, 0.3) is 0 Å². The summed E-state index contributed by atoms with van der Waals surface area (Å²) in [5, 5.41) is 10.8. The Hall–Kier alpha value is -2.28. The molecule has 0 aromatic heterocycles. The third kappa shape index (κ3) is 7.03. The standard InChI is InChI=1S/C18H17F4NO.C3H8O/c1-11-2-4-12(5-3-11)15-8-13(15)10-23-16-9-14(19)6-7-17(16)24-18(20,21)22;1-2-3-4/h2-7,9,13,15,23H,8,10H2,1H3;4H,2-3H2,1H3/t13-,15?;/m1./s1. The van der Waals surface area contributed by atoms with Crippen molar-refractivity contribution in [1.29, 1.82) is 0 Å². The van der Waals surface area contributed by atoms with Gasteiger partial charge in [0.25, 0.3) is 0 Å². The van der Waals surface area contributed by atoms with E-state index in [4.69, 9.17) is 5.11 Å². The van der Waals surface area contributed by atoms with E-state index in [1.54, 1.807) is 0 Å². The summed E-state index contributed by atoms with van der Waals surface area (Å²) in [6.45, 7) is 4.73. The minimum Gasteiger partial charge on any atom is -0.404 e. The Labute approximate surface area is 162 Å². The third-order valence-electron chi connectivity index (χ3n) is 4.37. The second kappa shape index (κ2) is 9.78. The lowest BCUT2D eigenvalue weighted by Gasteiger charge is -2.14. The van der Waals surface area contributed by atoms with E-state index in [9.17, 15) is 17.6 Å². The molecule has 1 aliphatic carbocycles. The van der Waals surface area contributed by atoms with E-state index in [-0.39, 0.29) is 5.69 Å². The Balaban J connectivity index is 0.000000640. The van der Waals surface area contributed by atoms with Gasteiger partial charge in [0.15, 0.2) is 5.75 Å². The summed E-state index contributed by atoms with van der Waals surface area (Å²) in [5.74, 6) is -0.331. The quantitative estimate of drug-likeness (QED) is 0.618. The number of nitrogens with one attached hydrogen (secondary N) is 1. The highest BCUT2D eigenvalue weighted by molar-refractivity contribution is 5.56. The fourth-order valence-corrected chi connectivity index (χ4v) is 2.79. The lowest BCUT2D eigenvalue weighted by Crippen LogP contribution is -2.18. The second-order valence-electron chi connectivity index (χ2n) is 6.81. The monoisotopic (exact) mass is 399 g/mol. The maximum absolute atomic E-state index is 13.3. The first kappa shape index (κ1) is 22.0. The van der Waals surface area contributed by atoms with Gasteiger partial charge in [-0.25, -0.2) is 4.39 Å². The van der Waals surface area contributed by atoms with Crippen LogP contribution in [0.1, 0.15) is 36.8 Å². The van der Waals surface area contributed by atoms with Gasteiger partial charge in [0, 0.05) is 19.2 Å². The predicted molar refractivity (Wildman–Crippen MR) is 101 cm³/mol. The predicted octanol–water partition coefficient (Wildman–Crippen LogP) is 5.64. The minimum atomic E-state index is -4.81. The van der Waals surface area contributed by atoms with Crippen molar-refractivity contribution in [3.8, 4) is 5.75 Å². The fraction of sp³-hybridized carbons (Fsp3) is 0.429. The van der Waals surface area contributed by atoms with E-state index in [1.807, 2.05) is 26.0 Å². The van der Waals surface area contributed by atoms with Gasteiger partial charge in [-0.1, -0.05) is 36.8 Å². The molecule has 0 spiro atoms. The Morgan fingerprint density at radius 2 is 1.79 bits per heavy atom. The molecule has 0 heterocycles. The first-order valence-corrected chi connectivity index (χ1v) is 9.20. The van der Waals surface area contributed by atoms with Gasteiger partial charge in [-0.3, -0.25) is 0 Å². The third-order valence-corrected chi connectivity index (χ3v) is 4.37. The normalized spacial score (nSPS) is 18.1. The molecule has 1 fully saturated rings. The summed E-state index contributed by atoms with van der Waals surface area (Å²) < 4.78 is 54.5. The highest BCUT2D eigenvalue weighted by atomic mass is 19.4. The summed E-state index contributed by atoms with van der Waals surface area (Å²) in [6, 6.07) is 11.2. The Morgan fingerprint density at radius 3 is 2.36 bits per heavy atom. The first-order chi connectivity index (χ1) is 13.2. The molecule has 3 nitrogen and oxygen atoms in total. The van der Waals surface area contributed by atoms with E-state index in [1.165, 1.54) is 11.1 Å². The molecule has 2 N–H and O–H groups in total. The van der Waals surface area contributed by atoms with E-state index in [2.05, 4.69) is 22.2 Å². The average molecular weight is 399 g/mol. The number of aliphatic hydroxyl groups excluding tert-OH is 1. The van der Waals surface area contributed by atoms with Crippen molar-refractivity contribution >= 4 is 5.69 Å². The molecule has 0 amide bonds. The molecule has 1 saturated carbocycles. The van der Waals surface area contributed by atoms with Gasteiger partial charge in [0.05, 0.1) is 5.69 Å². The largest absolute Gasteiger partial charge is 0.573 e. The summed E-state index contributed by atoms with van der Waals surface area (Å²) in [5.41, 5.74) is 2.42. The van der Waals surface area contributed by atoms with Crippen LogP contribution in [0.3, 0.4) is 0 Å². The van der Waals surface area contributed by atoms with E-state index in [0.717, 1.165) is 31.0 Å². The zero-order chi connectivity index (χ0) is 20.7. The molecular weight excluding hydrogens is 374 g/mol. The molecule has 0 saturated heterocycles. The first-order valence-electron chi connectivity index (χ1n) is 9.20. The van der Waals surface area contributed by atoms with E-state index < -0.39 is 17.9 Å². The van der Waals surface area contributed by atoms with Gasteiger partial charge >= 0.3 is 6.36 Å². The number of halogens is 4. The molecule has 2 aromatic rings. The maximum Gasteiger partial charge on any atom is 0.573 e. The van der Waals surface area contributed by atoms with Crippen LogP contribution in [0.2, 0.25) is 0 Å². The number of hydrogen-bond acceptors (Lipinski definition) is 3. The molecule has 1 aliphatic rings. The number of rotatable bonds is 6. The Kier molecular flexibility index (Phi) is 7.69. The molecule has 0 bridgehead atoms. The van der Waals surface area contributed by atoms with Crippen LogP contribution in [0.4, 0.5) is 23.2 Å². The molecular formula is C21H25F4NO2. The molecule has 1 unspecified atom stereocenters. The second-order valence-corrected chi connectivity index (χ2v) is 6.81. The summed E-state index contributed by atoms with van der Waals surface area (Å²) in [6.07, 6.45) is -2.97. The van der Waals surface area contributed by atoms with Crippen LogP contribution in [-0.2, 0) is 0 Å². The Morgan fingerprint density at radius 1 is 1.14 bits per heavy atom. The van der Waals surface area contributed by atoms with Gasteiger partial charge in [0.1, 0.15) is 5.82 Å². The SMILES string of the molecule is CCCO.Cc1ccc(C2C[C@@H]2CNc2cc(F)ccc2OC(F)(F)F)cc1. The molecule has 2 atom stereocenters. The number of alkyl halides is 3. The molecule has 0 aliphatic heterocycles. The zero-order valence-electron chi connectivity index (χ0n) is 15.9. The van der Waals surface area contributed by atoms with Crippen LogP contribution < -0.4 is 10.1 Å². The average Bonchev–Trinajstić information content (AvgIpc) is 3.41.